The first kappa shape index (κ1) is 35.9. The molecule has 2 aromatic heterocycles. The molecule has 3 aromatic carbocycles. The maximum absolute atomic E-state index is 15.1. The number of carboxylic acids is 1. The maximum Gasteiger partial charge on any atom is 0.335 e. The molecule has 284 valence electrons. The van der Waals surface area contributed by atoms with E-state index in [0.717, 1.165) is 31.0 Å². The molecule has 3 fully saturated rings. The largest absolute Gasteiger partial charge is 0.504 e. The number of aromatic hydroxyl groups is 1. The van der Waals surface area contributed by atoms with Gasteiger partial charge in [0.15, 0.2) is 11.5 Å². The zero-order valence-corrected chi connectivity index (χ0v) is 32.2. The number of thiophene rings is 1. The average molecular weight is 791 g/mol. The van der Waals surface area contributed by atoms with Crippen molar-refractivity contribution in [3.8, 4) is 22.1 Å². The van der Waals surface area contributed by atoms with Gasteiger partial charge in [-0.25, -0.2) is 9.69 Å². The summed E-state index contributed by atoms with van der Waals surface area (Å²) < 4.78 is 8.04. The van der Waals surface area contributed by atoms with Crippen LogP contribution in [-0.2, 0) is 26.2 Å². The lowest BCUT2D eigenvalue weighted by atomic mass is 9.51. The first-order valence-corrected chi connectivity index (χ1v) is 19.3. The number of rotatable bonds is 6. The summed E-state index contributed by atoms with van der Waals surface area (Å²) in [5.74, 6) is -6.44. The van der Waals surface area contributed by atoms with Crippen molar-refractivity contribution in [3.63, 3.8) is 0 Å². The Balaban J connectivity index is 1.15. The van der Waals surface area contributed by atoms with Crippen LogP contribution in [-0.4, -0.2) is 56.7 Å². The molecule has 9 rings (SSSR count). The number of methoxy groups -OCH3 is 1. The second kappa shape index (κ2) is 12.6. The Bertz CT molecular complexity index is 2630. The summed E-state index contributed by atoms with van der Waals surface area (Å²) in [6.45, 7) is 3.77. The van der Waals surface area contributed by atoms with E-state index >= 15 is 4.79 Å². The molecular formula is C42H35ClN4O8S. The van der Waals surface area contributed by atoms with Crippen LogP contribution in [0.3, 0.4) is 0 Å². The highest BCUT2D eigenvalue weighted by Gasteiger charge is 2.68. The minimum absolute atomic E-state index is 0.0630. The lowest BCUT2D eigenvalue weighted by Crippen LogP contribution is -2.49. The molecule has 56 heavy (non-hydrogen) atoms. The molecule has 6 atom stereocenters. The van der Waals surface area contributed by atoms with Crippen molar-refractivity contribution in [2.45, 2.75) is 32.6 Å². The number of hydrogen-bond donors (Lipinski definition) is 2. The van der Waals surface area contributed by atoms with E-state index in [1.54, 1.807) is 43.5 Å². The molecule has 14 heteroatoms. The lowest BCUT2D eigenvalue weighted by Gasteiger charge is -2.49. The molecule has 0 spiro atoms. The van der Waals surface area contributed by atoms with Gasteiger partial charge in [-0.3, -0.25) is 28.8 Å². The Kier molecular flexibility index (Phi) is 8.08. The number of halogens is 1. The van der Waals surface area contributed by atoms with E-state index in [1.165, 1.54) is 47.0 Å². The van der Waals surface area contributed by atoms with Gasteiger partial charge in [-0.15, -0.1) is 11.3 Å². The van der Waals surface area contributed by atoms with Gasteiger partial charge in [0.05, 0.1) is 46.4 Å². The molecule has 2 N–H and O–H groups in total. The average Bonchev–Trinajstić information content (AvgIpc) is 3.85. The Morgan fingerprint density at radius 1 is 0.982 bits per heavy atom. The van der Waals surface area contributed by atoms with E-state index in [9.17, 15) is 29.4 Å². The number of anilines is 2. The first-order chi connectivity index (χ1) is 26.7. The van der Waals surface area contributed by atoms with Gasteiger partial charge < -0.3 is 14.9 Å². The van der Waals surface area contributed by atoms with E-state index < -0.39 is 64.6 Å². The third-order valence-electron chi connectivity index (χ3n) is 12.4. The van der Waals surface area contributed by atoms with E-state index in [-0.39, 0.29) is 35.6 Å². The molecule has 2 aliphatic heterocycles. The van der Waals surface area contributed by atoms with E-state index in [2.05, 4.69) is 0 Å². The number of allylic oxidation sites excluding steroid dienone is 2. The molecule has 6 unspecified atom stereocenters. The van der Waals surface area contributed by atoms with Crippen molar-refractivity contribution >= 4 is 74.1 Å². The van der Waals surface area contributed by atoms with Crippen LogP contribution in [0.2, 0.25) is 5.02 Å². The van der Waals surface area contributed by atoms with Crippen molar-refractivity contribution in [2.75, 3.05) is 16.9 Å². The SMILES string of the molecule is COc1cc(C2C3=CCC4C(=O)N(c5cccc(C(=O)O)c5)C(=O)C4C3CC3C(=O)N(c4cc(-c5sc6ccc(Cl)cc6c5C)nn4C)C(=O)C32C)ccc1O. The van der Waals surface area contributed by atoms with Crippen molar-refractivity contribution in [3.05, 3.63) is 100 Å². The highest BCUT2D eigenvalue weighted by atomic mass is 35.5. The number of carbonyl (C=O) groups is 5. The fraction of sp³-hybridized carbons (Fsp3) is 0.286. The third-order valence-corrected chi connectivity index (χ3v) is 13.9. The minimum atomic E-state index is -1.34. The smallest absolute Gasteiger partial charge is 0.335 e. The number of benzene rings is 3. The molecular weight excluding hydrogens is 756 g/mol. The molecule has 5 aromatic rings. The standard InChI is InChI=1S/C42H35ClN4O8S/c1-19-26-16-22(43)9-13-32(26)56-36(19)29-18-33(45(3)44-29)47-38(50)28-17-27-24(35(42(28,2)41(47)54)20-8-12-30(48)31(15-20)55-4)10-11-25-34(27)39(51)46(37(25)49)23-7-5-6-21(14-23)40(52)53/h5-10,12-16,18,25,27-28,34-35,48H,11,17H2,1-4H3,(H,52,53). The third kappa shape index (κ3) is 4.96. The van der Waals surface area contributed by atoms with Gasteiger partial charge in [0, 0.05) is 28.8 Å². The van der Waals surface area contributed by atoms with Crippen molar-refractivity contribution in [1.29, 1.82) is 0 Å². The second-order valence-electron chi connectivity index (χ2n) is 15.2. The zero-order chi connectivity index (χ0) is 39.5. The lowest BCUT2D eigenvalue weighted by molar-refractivity contribution is -0.131. The number of phenols is 1. The van der Waals surface area contributed by atoms with Gasteiger partial charge in [-0.2, -0.15) is 5.10 Å². The van der Waals surface area contributed by atoms with Crippen LogP contribution in [0.25, 0.3) is 20.7 Å². The monoisotopic (exact) mass is 790 g/mol. The van der Waals surface area contributed by atoms with Crippen LogP contribution in [0.4, 0.5) is 11.5 Å². The molecule has 4 amide bonds. The van der Waals surface area contributed by atoms with E-state index in [0.29, 0.717) is 22.1 Å². The summed E-state index contributed by atoms with van der Waals surface area (Å²) in [6, 6.07) is 18.0. The minimum Gasteiger partial charge on any atom is -0.504 e. The van der Waals surface area contributed by atoms with Gasteiger partial charge in [-0.05, 0) is 97.7 Å². The van der Waals surface area contributed by atoms with Crippen LogP contribution in [0, 0.1) is 36.0 Å². The molecule has 1 saturated carbocycles. The van der Waals surface area contributed by atoms with Gasteiger partial charge in [0.25, 0.3) is 0 Å². The number of imide groups is 2. The number of amides is 4. The van der Waals surface area contributed by atoms with Crippen LogP contribution >= 0.6 is 22.9 Å². The van der Waals surface area contributed by atoms with Crippen molar-refractivity contribution < 1.29 is 38.9 Å². The van der Waals surface area contributed by atoms with Crippen LogP contribution in [0.5, 0.6) is 11.5 Å². The fourth-order valence-electron chi connectivity index (χ4n) is 9.74. The Morgan fingerprint density at radius 3 is 2.52 bits per heavy atom. The molecule has 4 heterocycles. The summed E-state index contributed by atoms with van der Waals surface area (Å²) in [5, 5.41) is 26.6. The van der Waals surface area contributed by atoms with Gasteiger partial charge in [-0.1, -0.05) is 35.4 Å². The predicted molar refractivity (Wildman–Crippen MR) is 209 cm³/mol. The summed E-state index contributed by atoms with van der Waals surface area (Å²) in [4.78, 5) is 73.5. The summed E-state index contributed by atoms with van der Waals surface area (Å²) in [6.07, 6.45) is 2.26. The molecule has 0 bridgehead atoms. The number of nitrogens with zero attached hydrogens (tertiary/aromatic N) is 4. The van der Waals surface area contributed by atoms with Crippen LogP contribution in [0.1, 0.15) is 47.2 Å². The number of ether oxygens (including phenoxy) is 1. The summed E-state index contributed by atoms with van der Waals surface area (Å²) >= 11 is 7.85. The summed E-state index contributed by atoms with van der Waals surface area (Å²) in [7, 11) is 3.11. The van der Waals surface area contributed by atoms with E-state index in [1.807, 2.05) is 31.2 Å². The number of aromatic carboxylic acids is 1. The number of hydrogen-bond acceptors (Lipinski definition) is 9. The Labute approximate surface area is 329 Å². The molecule has 2 aliphatic carbocycles. The number of fused-ring (bicyclic) bond motifs is 5. The Hall–Kier alpha value is -5.79. The van der Waals surface area contributed by atoms with Gasteiger partial charge in [0.1, 0.15) is 11.5 Å². The number of carboxylic acid groups (broad SMARTS) is 1. The Morgan fingerprint density at radius 2 is 1.77 bits per heavy atom. The topological polar surface area (TPSA) is 159 Å². The number of carbonyl (C=O) groups excluding carboxylic acids is 4. The number of aryl methyl sites for hydroxylation is 2. The normalized spacial score (nSPS) is 25.7. The maximum atomic E-state index is 15.1. The second-order valence-corrected chi connectivity index (χ2v) is 16.7. The van der Waals surface area contributed by atoms with Gasteiger partial charge >= 0.3 is 5.97 Å². The highest BCUT2D eigenvalue weighted by molar-refractivity contribution is 7.22. The predicted octanol–water partition coefficient (Wildman–Crippen LogP) is 7.11. The number of aromatic nitrogens is 2. The van der Waals surface area contributed by atoms with Gasteiger partial charge in [0.2, 0.25) is 23.6 Å². The summed E-state index contributed by atoms with van der Waals surface area (Å²) in [5.41, 5.74) is 1.70. The van der Waals surface area contributed by atoms with Crippen molar-refractivity contribution in [2.24, 2.45) is 36.1 Å². The van der Waals surface area contributed by atoms with Crippen molar-refractivity contribution in [1.82, 2.24) is 9.78 Å². The molecule has 0 radical (unpaired) electrons. The number of phenolic OH excluding ortho intramolecular Hbond substituents is 1. The molecule has 4 aliphatic rings. The van der Waals surface area contributed by atoms with E-state index in [4.69, 9.17) is 21.4 Å². The quantitative estimate of drug-likeness (QED) is 0.135. The zero-order valence-electron chi connectivity index (χ0n) is 30.6. The van der Waals surface area contributed by atoms with Crippen LogP contribution < -0.4 is 14.5 Å². The highest BCUT2D eigenvalue weighted by Crippen LogP contribution is 2.64. The first-order valence-electron chi connectivity index (χ1n) is 18.1. The fourth-order valence-corrected chi connectivity index (χ4v) is 11.1. The molecule has 2 saturated heterocycles. The molecule has 12 nitrogen and oxygen atoms in total. The van der Waals surface area contributed by atoms with Crippen LogP contribution in [0.15, 0.2) is 78.4 Å².